The molecule has 2 aromatic rings. The topological polar surface area (TPSA) is 45.8 Å². The molecule has 0 saturated heterocycles. The second-order valence-corrected chi connectivity index (χ2v) is 6.22. The molecule has 1 aromatic carbocycles. The number of benzene rings is 1. The van der Waals surface area contributed by atoms with Gasteiger partial charge in [0.15, 0.2) is 0 Å². The summed E-state index contributed by atoms with van der Waals surface area (Å²) in [5.41, 5.74) is 4.02. The molecule has 3 nitrogen and oxygen atoms in total. The largest absolute Gasteiger partial charge is 0.306 e. The van der Waals surface area contributed by atoms with E-state index in [1.165, 1.54) is 12.0 Å². The van der Waals surface area contributed by atoms with E-state index in [4.69, 9.17) is 4.98 Å². The van der Waals surface area contributed by atoms with Crippen LogP contribution in [-0.4, -0.2) is 9.97 Å². The quantitative estimate of drug-likeness (QED) is 0.808. The lowest BCUT2D eigenvalue weighted by molar-refractivity contribution is 0.708. The predicted octanol–water partition coefficient (Wildman–Crippen LogP) is 3.78. The third kappa shape index (κ3) is 2.57. The van der Waals surface area contributed by atoms with Crippen LogP contribution in [-0.2, 0) is 12.8 Å². The van der Waals surface area contributed by atoms with Crippen LogP contribution in [0.15, 0.2) is 27.5 Å². The van der Waals surface area contributed by atoms with Crippen LogP contribution in [0, 0.1) is 6.92 Å². The van der Waals surface area contributed by atoms with E-state index in [9.17, 15) is 4.79 Å². The Morgan fingerprint density at radius 3 is 2.80 bits per heavy atom. The molecule has 0 radical (unpaired) electrons. The van der Waals surface area contributed by atoms with Gasteiger partial charge >= 0.3 is 0 Å². The number of aryl methyl sites for hydroxylation is 2. The van der Waals surface area contributed by atoms with Crippen molar-refractivity contribution in [3.8, 4) is 11.4 Å². The molecule has 0 spiro atoms. The SMILES string of the molecule is Cc1ccc(-c2nc3c(c(=O)[nH]2)CCCCC3)cc1Br. The molecule has 0 bridgehead atoms. The standard InChI is InChI=1S/C16H17BrN2O/c1-10-7-8-11(9-13(10)17)15-18-14-6-4-2-3-5-12(14)16(20)19-15/h7-9H,2-6H2,1H3,(H,18,19,20). The van der Waals surface area contributed by atoms with Gasteiger partial charge in [0.05, 0.1) is 5.69 Å². The molecule has 3 rings (SSSR count). The fourth-order valence-electron chi connectivity index (χ4n) is 2.66. The molecule has 1 heterocycles. The van der Waals surface area contributed by atoms with Crippen molar-refractivity contribution in [3.63, 3.8) is 0 Å². The molecule has 4 heteroatoms. The van der Waals surface area contributed by atoms with Crippen LogP contribution in [0.3, 0.4) is 0 Å². The number of aromatic nitrogens is 2. The molecule has 0 fully saturated rings. The van der Waals surface area contributed by atoms with Crippen LogP contribution in [0.1, 0.15) is 36.1 Å². The highest BCUT2D eigenvalue weighted by Gasteiger charge is 2.15. The van der Waals surface area contributed by atoms with Crippen molar-refractivity contribution in [1.82, 2.24) is 9.97 Å². The van der Waals surface area contributed by atoms with E-state index in [1.807, 2.05) is 25.1 Å². The number of hydrogen-bond acceptors (Lipinski definition) is 2. The van der Waals surface area contributed by atoms with Crippen molar-refractivity contribution in [2.75, 3.05) is 0 Å². The second-order valence-electron chi connectivity index (χ2n) is 5.36. The summed E-state index contributed by atoms with van der Waals surface area (Å²) >= 11 is 3.53. The highest BCUT2D eigenvalue weighted by atomic mass is 79.9. The third-order valence-electron chi connectivity index (χ3n) is 3.89. The van der Waals surface area contributed by atoms with Gasteiger partial charge < -0.3 is 4.98 Å². The van der Waals surface area contributed by atoms with E-state index >= 15 is 0 Å². The summed E-state index contributed by atoms with van der Waals surface area (Å²) in [5.74, 6) is 0.677. The van der Waals surface area contributed by atoms with E-state index in [2.05, 4.69) is 20.9 Å². The van der Waals surface area contributed by atoms with Crippen LogP contribution < -0.4 is 5.56 Å². The molecular formula is C16H17BrN2O. The van der Waals surface area contributed by atoms with Crippen LogP contribution >= 0.6 is 15.9 Å². The monoisotopic (exact) mass is 332 g/mol. The summed E-state index contributed by atoms with van der Waals surface area (Å²) in [6.45, 7) is 2.04. The van der Waals surface area contributed by atoms with Crippen LogP contribution in [0.25, 0.3) is 11.4 Å². The van der Waals surface area contributed by atoms with Gasteiger partial charge in [0.1, 0.15) is 5.82 Å². The molecular weight excluding hydrogens is 316 g/mol. The Labute approximate surface area is 126 Å². The number of rotatable bonds is 1. The minimum absolute atomic E-state index is 0.0311. The van der Waals surface area contributed by atoms with Crippen molar-refractivity contribution >= 4 is 15.9 Å². The molecule has 0 amide bonds. The minimum atomic E-state index is 0.0311. The molecule has 0 atom stereocenters. The Morgan fingerprint density at radius 2 is 2.00 bits per heavy atom. The van der Waals surface area contributed by atoms with Gasteiger partial charge in [-0.2, -0.15) is 0 Å². The molecule has 0 saturated carbocycles. The number of nitrogens with one attached hydrogen (secondary N) is 1. The minimum Gasteiger partial charge on any atom is -0.306 e. The Balaban J connectivity index is 2.10. The van der Waals surface area contributed by atoms with E-state index in [1.54, 1.807) is 0 Å². The fraction of sp³-hybridized carbons (Fsp3) is 0.375. The van der Waals surface area contributed by atoms with E-state index in [-0.39, 0.29) is 5.56 Å². The Bertz CT molecular complexity index is 706. The first-order chi connectivity index (χ1) is 9.65. The molecule has 1 aromatic heterocycles. The Morgan fingerprint density at radius 1 is 1.20 bits per heavy atom. The zero-order valence-electron chi connectivity index (χ0n) is 11.5. The van der Waals surface area contributed by atoms with Crippen LogP contribution in [0.4, 0.5) is 0 Å². The van der Waals surface area contributed by atoms with Crippen molar-refractivity contribution in [1.29, 1.82) is 0 Å². The summed E-state index contributed by atoms with van der Waals surface area (Å²) in [6, 6.07) is 6.04. The summed E-state index contributed by atoms with van der Waals surface area (Å²) in [7, 11) is 0. The summed E-state index contributed by atoms with van der Waals surface area (Å²) in [4.78, 5) is 19.9. The maximum Gasteiger partial charge on any atom is 0.254 e. The average Bonchev–Trinajstić information content (AvgIpc) is 2.67. The lowest BCUT2D eigenvalue weighted by atomic mass is 10.1. The molecule has 1 N–H and O–H groups in total. The predicted molar refractivity (Wildman–Crippen MR) is 84.0 cm³/mol. The maximum atomic E-state index is 12.3. The van der Waals surface area contributed by atoms with Gasteiger partial charge in [-0.05, 0) is 44.2 Å². The van der Waals surface area contributed by atoms with Gasteiger partial charge in [0.2, 0.25) is 0 Å². The fourth-order valence-corrected chi connectivity index (χ4v) is 3.04. The highest BCUT2D eigenvalue weighted by molar-refractivity contribution is 9.10. The molecule has 0 unspecified atom stereocenters. The van der Waals surface area contributed by atoms with Crippen LogP contribution in [0.5, 0.6) is 0 Å². The molecule has 1 aliphatic rings. The number of H-pyrrole nitrogens is 1. The highest BCUT2D eigenvalue weighted by Crippen LogP contribution is 2.24. The van der Waals surface area contributed by atoms with E-state index < -0.39 is 0 Å². The van der Waals surface area contributed by atoms with Crippen molar-refractivity contribution in [2.45, 2.75) is 39.0 Å². The normalized spacial score (nSPS) is 14.7. The van der Waals surface area contributed by atoms with Crippen molar-refractivity contribution in [3.05, 3.63) is 49.8 Å². The molecule has 0 aliphatic heterocycles. The van der Waals surface area contributed by atoms with Gasteiger partial charge in [0.25, 0.3) is 5.56 Å². The Kier molecular flexibility index (Phi) is 3.74. The number of halogens is 1. The molecule has 104 valence electrons. The third-order valence-corrected chi connectivity index (χ3v) is 4.74. The smallest absolute Gasteiger partial charge is 0.254 e. The number of nitrogens with zero attached hydrogens (tertiary/aromatic N) is 1. The second kappa shape index (κ2) is 5.52. The first-order valence-corrected chi connectivity index (χ1v) is 7.83. The Hall–Kier alpha value is -1.42. The van der Waals surface area contributed by atoms with Gasteiger partial charge in [-0.1, -0.05) is 34.5 Å². The number of hydrogen-bond donors (Lipinski definition) is 1. The van der Waals surface area contributed by atoms with Gasteiger partial charge in [0, 0.05) is 15.6 Å². The van der Waals surface area contributed by atoms with Gasteiger partial charge in [-0.15, -0.1) is 0 Å². The van der Waals surface area contributed by atoms with Crippen LogP contribution in [0.2, 0.25) is 0 Å². The van der Waals surface area contributed by atoms with Gasteiger partial charge in [-0.25, -0.2) is 4.98 Å². The zero-order valence-corrected chi connectivity index (χ0v) is 13.1. The van der Waals surface area contributed by atoms with E-state index in [0.29, 0.717) is 5.82 Å². The molecule has 1 aliphatic carbocycles. The number of fused-ring (bicyclic) bond motifs is 1. The average molecular weight is 333 g/mol. The lowest BCUT2D eigenvalue weighted by Crippen LogP contribution is -2.18. The summed E-state index contributed by atoms with van der Waals surface area (Å²) < 4.78 is 1.03. The van der Waals surface area contributed by atoms with E-state index in [0.717, 1.165) is 47.0 Å². The zero-order chi connectivity index (χ0) is 14.1. The first kappa shape index (κ1) is 13.6. The summed E-state index contributed by atoms with van der Waals surface area (Å²) in [6.07, 6.45) is 5.17. The maximum absolute atomic E-state index is 12.3. The van der Waals surface area contributed by atoms with Gasteiger partial charge in [-0.3, -0.25) is 4.79 Å². The van der Waals surface area contributed by atoms with Crippen molar-refractivity contribution < 1.29 is 0 Å². The number of aromatic amines is 1. The molecule has 20 heavy (non-hydrogen) atoms. The lowest BCUT2D eigenvalue weighted by Gasteiger charge is -2.08. The van der Waals surface area contributed by atoms with Crippen molar-refractivity contribution in [2.24, 2.45) is 0 Å². The first-order valence-electron chi connectivity index (χ1n) is 7.04. The summed E-state index contributed by atoms with van der Waals surface area (Å²) in [5, 5.41) is 0.